The fourth-order valence-electron chi connectivity index (χ4n) is 1.38. The van der Waals surface area contributed by atoms with E-state index in [-0.39, 0.29) is 0 Å². The van der Waals surface area contributed by atoms with Crippen LogP contribution in [0.1, 0.15) is 16.1 Å². The summed E-state index contributed by atoms with van der Waals surface area (Å²) in [6.45, 7) is 1.82. The quantitative estimate of drug-likeness (QED) is 0.678. The van der Waals surface area contributed by atoms with Gasteiger partial charge in [0.05, 0.1) is 0 Å². The van der Waals surface area contributed by atoms with Gasteiger partial charge < -0.3 is 4.42 Å². The lowest BCUT2D eigenvalue weighted by molar-refractivity contribution is 0.112. The van der Waals surface area contributed by atoms with Crippen molar-refractivity contribution in [2.45, 2.75) is 6.92 Å². The van der Waals surface area contributed by atoms with E-state index < -0.39 is 0 Å². The van der Waals surface area contributed by atoms with E-state index in [1.807, 2.05) is 25.1 Å². The van der Waals surface area contributed by atoms with Gasteiger partial charge in [-0.25, -0.2) is 4.98 Å². The van der Waals surface area contributed by atoms with Crippen LogP contribution in [-0.4, -0.2) is 11.3 Å². The smallest absolute Gasteiger partial charge is 0.181 e. The highest BCUT2D eigenvalue weighted by atomic mass is 16.3. The zero-order valence-corrected chi connectivity index (χ0v) is 7.73. The standard InChI is InChI=1S/C11H9NO2/c1-8-11(12-7-14-8)10-5-3-2-4-9(10)6-13/h2-7H,1H3. The Balaban J connectivity index is 2.62. The molecule has 1 aromatic heterocycles. The van der Waals surface area contributed by atoms with Crippen molar-refractivity contribution in [2.24, 2.45) is 0 Å². The summed E-state index contributed by atoms with van der Waals surface area (Å²) < 4.78 is 5.09. The van der Waals surface area contributed by atoms with Crippen LogP contribution in [0.15, 0.2) is 35.1 Å². The van der Waals surface area contributed by atoms with Crippen LogP contribution in [0.5, 0.6) is 0 Å². The molecule has 0 spiro atoms. The van der Waals surface area contributed by atoms with Gasteiger partial charge in [0.25, 0.3) is 0 Å². The molecule has 0 bridgehead atoms. The first-order chi connectivity index (χ1) is 6.83. The van der Waals surface area contributed by atoms with Gasteiger partial charge in [0, 0.05) is 11.1 Å². The Bertz CT molecular complexity index is 460. The van der Waals surface area contributed by atoms with Crippen LogP contribution in [-0.2, 0) is 0 Å². The van der Waals surface area contributed by atoms with Crippen LogP contribution in [0.4, 0.5) is 0 Å². The van der Waals surface area contributed by atoms with Crippen molar-refractivity contribution in [3.8, 4) is 11.3 Å². The Morgan fingerprint density at radius 2 is 2.14 bits per heavy atom. The molecule has 0 aliphatic rings. The first-order valence-electron chi connectivity index (χ1n) is 4.27. The zero-order valence-electron chi connectivity index (χ0n) is 7.73. The highest BCUT2D eigenvalue weighted by Crippen LogP contribution is 2.23. The summed E-state index contributed by atoms with van der Waals surface area (Å²) in [5.74, 6) is 0.722. The molecule has 0 saturated carbocycles. The summed E-state index contributed by atoms with van der Waals surface area (Å²) in [5.41, 5.74) is 2.17. The van der Waals surface area contributed by atoms with Crippen LogP contribution in [0, 0.1) is 6.92 Å². The Morgan fingerprint density at radius 1 is 1.36 bits per heavy atom. The number of aromatic nitrogens is 1. The van der Waals surface area contributed by atoms with Crippen molar-refractivity contribution >= 4 is 6.29 Å². The first-order valence-corrected chi connectivity index (χ1v) is 4.27. The molecule has 0 atom stereocenters. The van der Waals surface area contributed by atoms with E-state index >= 15 is 0 Å². The summed E-state index contributed by atoms with van der Waals surface area (Å²) in [7, 11) is 0. The second-order valence-electron chi connectivity index (χ2n) is 2.96. The number of hydrogen-bond acceptors (Lipinski definition) is 3. The Labute approximate surface area is 81.4 Å². The molecule has 0 aliphatic carbocycles. The minimum atomic E-state index is 0.629. The van der Waals surface area contributed by atoms with E-state index in [0.717, 1.165) is 23.3 Å². The number of benzene rings is 1. The largest absolute Gasteiger partial charge is 0.448 e. The third kappa shape index (κ3) is 1.33. The van der Waals surface area contributed by atoms with Gasteiger partial charge in [0.2, 0.25) is 0 Å². The third-order valence-corrected chi connectivity index (χ3v) is 2.09. The van der Waals surface area contributed by atoms with Gasteiger partial charge in [0.1, 0.15) is 11.5 Å². The normalized spacial score (nSPS) is 10.1. The molecular formula is C11H9NO2. The van der Waals surface area contributed by atoms with Crippen molar-refractivity contribution in [1.82, 2.24) is 4.98 Å². The fraction of sp³-hybridized carbons (Fsp3) is 0.0909. The predicted molar refractivity (Wildman–Crippen MR) is 52.1 cm³/mol. The number of carbonyl (C=O) groups excluding carboxylic acids is 1. The summed E-state index contributed by atoms with van der Waals surface area (Å²) in [6, 6.07) is 7.31. The topological polar surface area (TPSA) is 43.1 Å². The van der Waals surface area contributed by atoms with E-state index in [2.05, 4.69) is 4.98 Å². The highest BCUT2D eigenvalue weighted by Gasteiger charge is 2.09. The number of hydrogen-bond donors (Lipinski definition) is 0. The molecule has 0 saturated heterocycles. The van der Waals surface area contributed by atoms with E-state index in [1.165, 1.54) is 6.39 Å². The van der Waals surface area contributed by atoms with Gasteiger partial charge in [-0.3, -0.25) is 4.79 Å². The van der Waals surface area contributed by atoms with Gasteiger partial charge in [-0.2, -0.15) is 0 Å². The minimum Gasteiger partial charge on any atom is -0.448 e. The fourth-order valence-corrected chi connectivity index (χ4v) is 1.38. The van der Waals surface area contributed by atoms with E-state index in [1.54, 1.807) is 6.07 Å². The number of oxazole rings is 1. The van der Waals surface area contributed by atoms with E-state index in [4.69, 9.17) is 4.42 Å². The average molecular weight is 187 g/mol. The van der Waals surface area contributed by atoms with Crippen LogP contribution in [0.25, 0.3) is 11.3 Å². The van der Waals surface area contributed by atoms with Crippen LogP contribution >= 0.6 is 0 Å². The third-order valence-electron chi connectivity index (χ3n) is 2.09. The SMILES string of the molecule is Cc1ocnc1-c1ccccc1C=O. The predicted octanol–water partition coefficient (Wildman–Crippen LogP) is 2.46. The first kappa shape index (κ1) is 8.69. The van der Waals surface area contributed by atoms with Gasteiger partial charge in [-0.15, -0.1) is 0 Å². The molecule has 2 rings (SSSR count). The Morgan fingerprint density at radius 3 is 2.79 bits per heavy atom. The van der Waals surface area contributed by atoms with Crippen LogP contribution in [0.2, 0.25) is 0 Å². The summed E-state index contributed by atoms with van der Waals surface area (Å²) in [5, 5.41) is 0. The molecule has 3 nitrogen and oxygen atoms in total. The van der Waals surface area contributed by atoms with Gasteiger partial charge >= 0.3 is 0 Å². The summed E-state index contributed by atoms with van der Waals surface area (Å²) >= 11 is 0. The molecule has 0 fully saturated rings. The average Bonchev–Trinajstić information content (AvgIpc) is 2.64. The molecule has 1 aromatic carbocycles. The lowest BCUT2D eigenvalue weighted by Gasteiger charge is -2.00. The number of rotatable bonds is 2. The van der Waals surface area contributed by atoms with Crippen LogP contribution < -0.4 is 0 Å². The van der Waals surface area contributed by atoms with Crippen molar-refractivity contribution < 1.29 is 9.21 Å². The molecule has 0 aliphatic heterocycles. The molecule has 70 valence electrons. The lowest BCUT2D eigenvalue weighted by Crippen LogP contribution is -1.88. The number of nitrogens with zero attached hydrogens (tertiary/aromatic N) is 1. The van der Waals surface area contributed by atoms with Crippen molar-refractivity contribution in [2.75, 3.05) is 0 Å². The van der Waals surface area contributed by atoms with Gasteiger partial charge in [-0.1, -0.05) is 24.3 Å². The molecule has 0 radical (unpaired) electrons. The molecular weight excluding hydrogens is 178 g/mol. The maximum Gasteiger partial charge on any atom is 0.181 e. The molecule has 2 aromatic rings. The van der Waals surface area contributed by atoms with Gasteiger partial charge in [0.15, 0.2) is 12.7 Å². The Kier molecular flexibility index (Phi) is 2.14. The number of aryl methyl sites for hydroxylation is 1. The van der Waals surface area contributed by atoms with Crippen molar-refractivity contribution in [1.29, 1.82) is 0 Å². The Hall–Kier alpha value is -1.90. The van der Waals surface area contributed by atoms with Crippen molar-refractivity contribution in [3.05, 3.63) is 42.0 Å². The highest BCUT2D eigenvalue weighted by molar-refractivity contribution is 5.86. The molecule has 1 heterocycles. The molecule has 3 heteroatoms. The summed E-state index contributed by atoms with van der Waals surface area (Å²) in [4.78, 5) is 14.8. The zero-order chi connectivity index (χ0) is 9.97. The maximum atomic E-state index is 10.8. The molecule has 0 unspecified atom stereocenters. The number of aldehydes is 1. The van der Waals surface area contributed by atoms with E-state index in [0.29, 0.717) is 5.56 Å². The van der Waals surface area contributed by atoms with Crippen LogP contribution in [0.3, 0.4) is 0 Å². The second-order valence-corrected chi connectivity index (χ2v) is 2.96. The molecule has 0 amide bonds. The number of carbonyl (C=O) groups is 1. The summed E-state index contributed by atoms with van der Waals surface area (Å²) in [6.07, 6.45) is 2.20. The van der Waals surface area contributed by atoms with Crippen molar-refractivity contribution in [3.63, 3.8) is 0 Å². The second kappa shape index (κ2) is 3.46. The minimum absolute atomic E-state index is 0.629. The lowest BCUT2D eigenvalue weighted by atomic mass is 10.1. The van der Waals surface area contributed by atoms with Gasteiger partial charge in [-0.05, 0) is 6.92 Å². The van der Waals surface area contributed by atoms with E-state index in [9.17, 15) is 4.79 Å². The molecule has 0 N–H and O–H groups in total. The molecule has 14 heavy (non-hydrogen) atoms. The monoisotopic (exact) mass is 187 g/mol. The maximum absolute atomic E-state index is 10.8.